The summed E-state index contributed by atoms with van der Waals surface area (Å²) in [4.78, 5) is 9.18. The van der Waals surface area contributed by atoms with E-state index in [1.807, 2.05) is 24.3 Å². The Kier molecular flexibility index (Phi) is 3.59. The van der Waals surface area contributed by atoms with Gasteiger partial charge < -0.3 is 0 Å². The fourth-order valence-electron chi connectivity index (χ4n) is 1.12. The van der Waals surface area contributed by atoms with E-state index in [0.29, 0.717) is 5.15 Å². The summed E-state index contributed by atoms with van der Waals surface area (Å²) in [6, 6.07) is 7.85. The van der Waals surface area contributed by atoms with Gasteiger partial charge in [0.25, 0.3) is 0 Å². The Morgan fingerprint density at radius 1 is 1.13 bits per heavy atom. The molecule has 0 atom stereocenters. The first-order valence-electron chi connectivity index (χ1n) is 4.48. The highest BCUT2D eigenvalue weighted by atomic mass is 35.5. The summed E-state index contributed by atoms with van der Waals surface area (Å²) in [5.74, 6) is 0.830. The fourth-order valence-corrected chi connectivity index (χ4v) is 2.26. The average Bonchev–Trinajstić information content (AvgIpc) is 2.29. The second-order valence-electron chi connectivity index (χ2n) is 2.92. The molecule has 15 heavy (non-hydrogen) atoms. The van der Waals surface area contributed by atoms with Crippen molar-refractivity contribution in [1.29, 1.82) is 0 Å². The van der Waals surface area contributed by atoms with Crippen LogP contribution in [-0.4, -0.2) is 9.97 Å². The first-order valence-corrected chi connectivity index (χ1v) is 5.85. The van der Waals surface area contributed by atoms with E-state index in [4.69, 9.17) is 11.6 Å². The lowest BCUT2D eigenvalue weighted by Crippen LogP contribution is -1.85. The van der Waals surface area contributed by atoms with Crippen molar-refractivity contribution in [3.05, 3.63) is 53.6 Å². The molecule has 0 aliphatic rings. The molecule has 0 aromatic carbocycles. The summed E-state index contributed by atoms with van der Waals surface area (Å²) < 4.78 is 0. The Bertz CT molecular complexity index is 434. The minimum absolute atomic E-state index is 0.582. The van der Waals surface area contributed by atoms with Crippen molar-refractivity contribution in [2.75, 3.05) is 0 Å². The number of pyridine rings is 2. The van der Waals surface area contributed by atoms with Crippen LogP contribution in [0.3, 0.4) is 0 Å². The van der Waals surface area contributed by atoms with Crippen LogP contribution in [0.2, 0.25) is 5.15 Å². The van der Waals surface area contributed by atoms with Crippen LogP contribution in [0.4, 0.5) is 0 Å². The summed E-state index contributed by atoms with van der Waals surface area (Å²) in [7, 11) is 0. The molecule has 0 bridgehead atoms. The lowest BCUT2D eigenvalue weighted by Gasteiger charge is -2.02. The maximum atomic E-state index is 5.95. The van der Waals surface area contributed by atoms with E-state index in [1.165, 1.54) is 4.90 Å². The van der Waals surface area contributed by atoms with Crippen LogP contribution in [0.15, 0.2) is 47.8 Å². The first-order chi connectivity index (χ1) is 7.36. The third-order valence-electron chi connectivity index (χ3n) is 1.88. The molecule has 76 valence electrons. The van der Waals surface area contributed by atoms with Crippen LogP contribution in [0.5, 0.6) is 0 Å². The lowest BCUT2D eigenvalue weighted by molar-refractivity contribution is 1.23. The summed E-state index contributed by atoms with van der Waals surface area (Å²) in [6.45, 7) is 0. The summed E-state index contributed by atoms with van der Waals surface area (Å²) >= 11 is 7.68. The van der Waals surface area contributed by atoms with Crippen LogP contribution in [0.1, 0.15) is 5.56 Å². The molecular weight excluding hydrogens is 228 g/mol. The second-order valence-corrected chi connectivity index (χ2v) is 4.33. The molecule has 0 aliphatic carbocycles. The molecule has 2 aromatic heterocycles. The minimum atomic E-state index is 0.582. The summed E-state index contributed by atoms with van der Waals surface area (Å²) in [5, 5.41) is 0.582. The van der Waals surface area contributed by atoms with E-state index in [9.17, 15) is 0 Å². The molecule has 0 spiro atoms. The molecule has 0 fully saturated rings. The number of hydrogen-bond donors (Lipinski definition) is 0. The van der Waals surface area contributed by atoms with Crippen LogP contribution in [-0.2, 0) is 5.75 Å². The highest BCUT2D eigenvalue weighted by Gasteiger charge is 2.00. The van der Waals surface area contributed by atoms with Crippen LogP contribution >= 0.6 is 23.4 Å². The quantitative estimate of drug-likeness (QED) is 0.603. The van der Waals surface area contributed by atoms with E-state index in [-0.39, 0.29) is 0 Å². The van der Waals surface area contributed by atoms with Crippen molar-refractivity contribution >= 4 is 23.4 Å². The molecule has 2 rings (SSSR count). The van der Waals surface area contributed by atoms with Crippen molar-refractivity contribution < 1.29 is 0 Å². The molecule has 0 amide bonds. The number of hydrogen-bond acceptors (Lipinski definition) is 3. The third kappa shape index (κ3) is 2.94. The number of halogens is 1. The van der Waals surface area contributed by atoms with Gasteiger partial charge in [-0.3, -0.25) is 4.98 Å². The predicted octanol–water partition coefficient (Wildman–Crippen LogP) is 3.42. The number of rotatable bonds is 3. The van der Waals surface area contributed by atoms with Crippen molar-refractivity contribution in [3.63, 3.8) is 0 Å². The van der Waals surface area contributed by atoms with Gasteiger partial charge in [-0.25, -0.2) is 4.98 Å². The highest BCUT2D eigenvalue weighted by molar-refractivity contribution is 7.98. The Morgan fingerprint density at radius 3 is 2.67 bits per heavy atom. The van der Waals surface area contributed by atoms with Crippen molar-refractivity contribution in [1.82, 2.24) is 9.97 Å². The smallest absolute Gasteiger partial charge is 0.133 e. The predicted molar refractivity (Wildman–Crippen MR) is 63.0 cm³/mol. The van der Waals surface area contributed by atoms with Gasteiger partial charge in [-0.1, -0.05) is 17.7 Å². The Balaban J connectivity index is 2.03. The van der Waals surface area contributed by atoms with Gasteiger partial charge in [-0.05, 0) is 23.8 Å². The number of thioether (sulfide) groups is 1. The normalized spacial score (nSPS) is 10.2. The summed E-state index contributed by atoms with van der Waals surface area (Å²) in [5.41, 5.74) is 1.06. The van der Waals surface area contributed by atoms with E-state index in [0.717, 1.165) is 11.3 Å². The number of aromatic nitrogens is 2. The van der Waals surface area contributed by atoms with Crippen molar-refractivity contribution in [2.24, 2.45) is 0 Å². The molecule has 0 N–H and O–H groups in total. The first kappa shape index (κ1) is 10.5. The molecule has 0 unspecified atom stereocenters. The van der Waals surface area contributed by atoms with Gasteiger partial charge in [0.15, 0.2) is 0 Å². The van der Waals surface area contributed by atoms with Gasteiger partial charge in [0.05, 0.1) is 0 Å². The molecule has 0 saturated heterocycles. The molecule has 0 saturated carbocycles. The van der Waals surface area contributed by atoms with Gasteiger partial charge in [0, 0.05) is 29.2 Å². The standard InChI is InChI=1S/C11H9ClN2S/c12-11-9(2-1-5-14-11)8-15-10-3-6-13-7-4-10/h1-7H,8H2. The zero-order valence-electron chi connectivity index (χ0n) is 7.93. The fraction of sp³-hybridized carbons (Fsp3) is 0.0909. The molecule has 2 heterocycles. The molecule has 0 radical (unpaired) electrons. The second kappa shape index (κ2) is 5.14. The maximum absolute atomic E-state index is 5.95. The Labute approximate surface area is 97.7 Å². The van der Waals surface area contributed by atoms with E-state index in [2.05, 4.69) is 9.97 Å². The van der Waals surface area contributed by atoms with Gasteiger partial charge in [-0.15, -0.1) is 11.8 Å². The van der Waals surface area contributed by atoms with Gasteiger partial charge in [0.1, 0.15) is 5.15 Å². The molecule has 4 heteroatoms. The van der Waals surface area contributed by atoms with Gasteiger partial charge in [-0.2, -0.15) is 0 Å². The average molecular weight is 237 g/mol. The molecule has 0 aliphatic heterocycles. The lowest BCUT2D eigenvalue weighted by atomic mass is 10.3. The van der Waals surface area contributed by atoms with E-state index >= 15 is 0 Å². The zero-order valence-corrected chi connectivity index (χ0v) is 9.50. The topological polar surface area (TPSA) is 25.8 Å². The van der Waals surface area contributed by atoms with Crippen LogP contribution in [0, 0.1) is 0 Å². The van der Waals surface area contributed by atoms with Crippen LogP contribution < -0.4 is 0 Å². The Hall–Kier alpha value is -1.06. The number of nitrogens with zero attached hydrogens (tertiary/aromatic N) is 2. The molecule has 2 nitrogen and oxygen atoms in total. The third-order valence-corrected chi connectivity index (χ3v) is 3.28. The Morgan fingerprint density at radius 2 is 1.93 bits per heavy atom. The summed E-state index contributed by atoms with van der Waals surface area (Å²) in [6.07, 6.45) is 5.27. The zero-order chi connectivity index (χ0) is 10.5. The monoisotopic (exact) mass is 236 g/mol. The largest absolute Gasteiger partial charge is 0.265 e. The van der Waals surface area contributed by atoms with Crippen LogP contribution in [0.25, 0.3) is 0 Å². The van der Waals surface area contributed by atoms with E-state index in [1.54, 1.807) is 30.4 Å². The van der Waals surface area contributed by atoms with Gasteiger partial charge >= 0.3 is 0 Å². The van der Waals surface area contributed by atoms with Crippen molar-refractivity contribution in [3.8, 4) is 0 Å². The minimum Gasteiger partial charge on any atom is -0.265 e. The highest BCUT2D eigenvalue weighted by Crippen LogP contribution is 2.24. The maximum Gasteiger partial charge on any atom is 0.133 e. The molecular formula is C11H9ClN2S. The van der Waals surface area contributed by atoms with Crippen molar-refractivity contribution in [2.45, 2.75) is 10.6 Å². The van der Waals surface area contributed by atoms with E-state index < -0.39 is 0 Å². The molecule has 2 aromatic rings. The van der Waals surface area contributed by atoms with Gasteiger partial charge in [0.2, 0.25) is 0 Å². The SMILES string of the molecule is Clc1ncccc1CSc1ccncc1.